The zero-order valence-corrected chi connectivity index (χ0v) is 22.2. The zero-order valence-electron chi connectivity index (χ0n) is 20.6. The first-order valence-electron chi connectivity index (χ1n) is 11.8. The lowest BCUT2D eigenvalue weighted by atomic mass is 10.1. The van der Waals surface area contributed by atoms with Gasteiger partial charge in [-0.2, -0.15) is 18.2 Å². The van der Waals surface area contributed by atoms with Crippen LogP contribution in [0.2, 0.25) is 5.02 Å². The van der Waals surface area contributed by atoms with Gasteiger partial charge in [0.1, 0.15) is 17.7 Å². The maximum absolute atomic E-state index is 13.7. The maximum Gasteiger partial charge on any atom is 0.416 e. The topological polar surface area (TPSA) is 123 Å². The van der Waals surface area contributed by atoms with E-state index in [1.165, 1.54) is 24.3 Å². The number of carboxylic acid groups (broad SMARTS) is 1. The summed E-state index contributed by atoms with van der Waals surface area (Å²) in [6, 6.07) is 11.1. The molecular formula is C26H18ClF4N3O6S. The SMILES string of the molecule is O=C(O)CCC1CN(S(=O)(=O)c2cccc(C(F)(F)F)c2)c2cc(-c3noc(-c4cc(F)ccc4Cl)n3)ccc2O1. The van der Waals surface area contributed by atoms with Gasteiger partial charge in [0.25, 0.3) is 15.9 Å². The second kappa shape index (κ2) is 10.7. The molecular weight excluding hydrogens is 594 g/mol. The van der Waals surface area contributed by atoms with Crippen molar-refractivity contribution in [1.29, 1.82) is 0 Å². The van der Waals surface area contributed by atoms with Gasteiger partial charge < -0.3 is 14.4 Å². The Morgan fingerprint density at radius 2 is 1.90 bits per heavy atom. The number of sulfonamides is 1. The number of carboxylic acids is 1. The number of ether oxygens (including phenoxy) is 1. The molecule has 0 spiro atoms. The van der Waals surface area contributed by atoms with Crippen molar-refractivity contribution in [2.24, 2.45) is 0 Å². The number of nitrogens with zero attached hydrogens (tertiary/aromatic N) is 3. The highest BCUT2D eigenvalue weighted by Crippen LogP contribution is 2.41. The summed E-state index contributed by atoms with van der Waals surface area (Å²) in [6.07, 6.45) is -6.08. The third-order valence-corrected chi connectivity index (χ3v) is 8.27. The number of hydrogen-bond donors (Lipinski definition) is 1. The molecule has 9 nitrogen and oxygen atoms in total. The summed E-state index contributed by atoms with van der Waals surface area (Å²) >= 11 is 6.12. The van der Waals surface area contributed by atoms with Crippen LogP contribution in [0.4, 0.5) is 23.2 Å². The second-order valence-electron chi connectivity index (χ2n) is 8.96. The number of halogens is 5. The molecule has 0 amide bonds. The van der Waals surface area contributed by atoms with Crippen molar-refractivity contribution in [1.82, 2.24) is 10.1 Å². The molecule has 0 aliphatic carbocycles. The number of rotatable bonds is 7. The van der Waals surface area contributed by atoms with Crippen LogP contribution in [0.15, 0.2) is 70.1 Å². The highest BCUT2D eigenvalue weighted by Gasteiger charge is 2.37. The van der Waals surface area contributed by atoms with Crippen LogP contribution in [0.1, 0.15) is 18.4 Å². The number of aliphatic carboxylic acids is 1. The summed E-state index contributed by atoms with van der Waals surface area (Å²) < 4.78 is 93.1. The first kappa shape index (κ1) is 28.4. The molecule has 1 aliphatic heterocycles. The molecule has 1 N–H and O–H groups in total. The van der Waals surface area contributed by atoms with E-state index in [-0.39, 0.29) is 58.7 Å². The number of fused-ring (bicyclic) bond motifs is 1. The summed E-state index contributed by atoms with van der Waals surface area (Å²) in [5.41, 5.74) is -0.829. The van der Waals surface area contributed by atoms with Crippen molar-refractivity contribution < 1.29 is 45.1 Å². The number of hydrogen-bond acceptors (Lipinski definition) is 7. The van der Waals surface area contributed by atoms with Gasteiger partial charge in [0, 0.05) is 12.0 Å². The highest BCUT2D eigenvalue weighted by atomic mass is 35.5. The van der Waals surface area contributed by atoms with Gasteiger partial charge in [-0.25, -0.2) is 12.8 Å². The fraction of sp³-hybridized carbons (Fsp3) is 0.192. The van der Waals surface area contributed by atoms with Gasteiger partial charge in [-0.15, -0.1) is 0 Å². The zero-order chi connectivity index (χ0) is 29.5. The van der Waals surface area contributed by atoms with Crippen molar-refractivity contribution in [2.45, 2.75) is 30.0 Å². The Balaban J connectivity index is 1.57. The third kappa shape index (κ3) is 5.84. The number of alkyl halides is 3. The van der Waals surface area contributed by atoms with Crippen LogP contribution < -0.4 is 9.04 Å². The summed E-state index contributed by atoms with van der Waals surface area (Å²) in [4.78, 5) is 14.7. The van der Waals surface area contributed by atoms with Crippen molar-refractivity contribution in [3.63, 3.8) is 0 Å². The smallest absolute Gasteiger partial charge is 0.416 e. The van der Waals surface area contributed by atoms with Crippen LogP contribution >= 0.6 is 11.6 Å². The van der Waals surface area contributed by atoms with E-state index in [9.17, 15) is 30.8 Å². The Morgan fingerprint density at radius 1 is 1.12 bits per heavy atom. The summed E-state index contributed by atoms with van der Waals surface area (Å²) in [5.74, 6) is -1.81. The fourth-order valence-electron chi connectivity index (χ4n) is 4.19. The molecule has 1 aromatic heterocycles. The van der Waals surface area contributed by atoms with Gasteiger partial charge in [0.2, 0.25) is 5.82 Å². The minimum Gasteiger partial charge on any atom is -0.486 e. The number of anilines is 1. The molecule has 0 bridgehead atoms. The minimum atomic E-state index is -4.79. The van der Waals surface area contributed by atoms with Crippen LogP contribution in [0.5, 0.6) is 5.75 Å². The van der Waals surface area contributed by atoms with Gasteiger partial charge in [-0.3, -0.25) is 9.10 Å². The molecule has 2 heterocycles. The predicted octanol–water partition coefficient (Wildman–Crippen LogP) is 6.04. The molecule has 0 fully saturated rings. The van der Waals surface area contributed by atoms with Gasteiger partial charge in [0.05, 0.1) is 33.3 Å². The van der Waals surface area contributed by atoms with E-state index >= 15 is 0 Å². The van der Waals surface area contributed by atoms with Crippen LogP contribution in [0.3, 0.4) is 0 Å². The lowest BCUT2D eigenvalue weighted by Crippen LogP contribution is -2.43. The van der Waals surface area contributed by atoms with Gasteiger partial charge in [-0.1, -0.05) is 22.8 Å². The van der Waals surface area contributed by atoms with E-state index in [4.69, 9.17) is 26.0 Å². The summed E-state index contributed by atoms with van der Waals surface area (Å²) in [5, 5.41) is 13.1. The van der Waals surface area contributed by atoms with E-state index in [0.29, 0.717) is 6.07 Å². The van der Waals surface area contributed by atoms with E-state index in [0.717, 1.165) is 34.6 Å². The average Bonchev–Trinajstić information content (AvgIpc) is 3.42. The first-order valence-corrected chi connectivity index (χ1v) is 13.7. The van der Waals surface area contributed by atoms with E-state index in [2.05, 4.69) is 10.1 Å². The molecule has 214 valence electrons. The molecule has 0 radical (unpaired) electrons. The minimum absolute atomic E-state index is 0.0208. The van der Waals surface area contributed by atoms with E-state index in [1.54, 1.807) is 0 Å². The summed E-state index contributed by atoms with van der Waals surface area (Å²) in [6.45, 7) is -0.376. The van der Waals surface area contributed by atoms with E-state index < -0.39 is 44.5 Å². The molecule has 1 aliphatic rings. The molecule has 15 heteroatoms. The highest BCUT2D eigenvalue weighted by molar-refractivity contribution is 7.92. The maximum atomic E-state index is 13.7. The molecule has 4 aromatic rings. The Bertz CT molecular complexity index is 1750. The van der Waals surface area contributed by atoms with Crippen LogP contribution in [-0.2, 0) is 21.0 Å². The van der Waals surface area contributed by atoms with Crippen molar-refractivity contribution in [3.05, 3.63) is 77.1 Å². The van der Waals surface area contributed by atoms with Gasteiger partial charge >= 0.3 is 12.1 Å². The number of carbonyl (C=O) groups is 1. The van der Waals surface area contributed by atoms with Crippen molar-refractivity contribution in [2.75, 3.05) is 10.8 Å². The average molecular weight is 612 g/mol. The standard InChI is InChI=1S/C26H18ClF4N3O6S/c27-20-7-5-16(28)12-19(20)25-32-24(33-40-25)14-4-8-22-21(10-14)34(13-17(39-22)6-9-23(35)36)41(37,38)18-3-1-2-15(11-18)26(29,30)31/h1-5,7-8,10-12,17H,6,9,13H2,(H,35,36). The normalized spacial score (nSPS) is 15.3. The van der Waals surface area contributed by atoms with Crippen LogP contribution in [0, 0.1) is 5.82 Å². The molecule has 0 saturated carbocycles. The monoisotopic (exact) mass is 611 g/mol. The second-order valence-corrected chi connectivity index (χ2v) is 11.2. The Hall–Kier alpha value is -4.17. The third-order valence-electron chi connectivity index (χ3n) is 6.16. The van der Waals surface area contributed by atoms with Crippen molar-refractivity contribution in [3.8, 4) is 28.6 Å². The number of aromatic nitrogens is 2. The Labute approximate surface area is 235 Å². The van der Waals surface area contributed by atoms with Crippen LogP contribution in [-0.4, -0.2) is 42.3 Å². The Morgan fingerprint density at radius 3 is 2.63 bits per heavy atom. The number of benzene rings is 3. The van der Waals surface area contributed by atoms with E-state index in [1.807, 2.05) is 0 Å². The first-order chi connectivity index (χ1) is 19.3. The van der Waals surface area contributed by atoms with Gasteiger partial charge in [0.15, 0.2) is 0 Å². The lowest BCUT2D eigenvalue weighted by molar-refractivity contribution is -0.138. The van der Waals surface area contributed by atoms with Gasteiger partial charge in [-0.05, 0) is 61.0 Å². The predicted molar refractivity (Wildman–Crippen MR) is 137 cm³/mol. The molecule has 1 atom stereocenters. The quantitative estimate of drug-likeness (QED) is 0.251. The fourth-order valence-corrected chi connectivity index (χ4v) is 5.93. The molecule has 3 aromatic carbocycles. The molecule has 0 saturated heterocycles. The lowest BCUT2D eigenvalue weighted by Gasteiger charge is -2.35. The summed E-state index contributed by atoms with van der Waals surface area (Å²) in [7, 11) is -4.59. The molecule has 5 rings (SSSR count). The molecule has 41 heavy (non-hydrogen) atoms. The van der Waals surface area contributed by atoms with Crippen LogP contribution in [0.25, 0.3) is 22.8 Å². The molecule has 1 unspecified atom stereocenters. The Kier molecular flexibility index (Phi) is 7.38. The van der Waals surface area contributed by atoms with Crippen molar-refractivity contribution >= 4 is 33.3 Å². The largest absolute Gasteiger partial charge is 0.486 e.